The summed E-state index contributed by atoms with van der Waals surface area (Å²) >= 11 is 0. The molecule has 0 aromatic heterocycles. The smallest absolute Gasteiger partial charge is 0.384 e. The molecule has 0 radical (unpaired) electrons. The van der Waals surface area contributed by atoms with E-state index in [0.29, 0.717) is 0 Å². The number of halogens is 12. The highest BCUT2D eigenvalue weighted by Gasteiger charge is 2.89. The maximum Gasteiger partial charge on any atom is 0.384 e. The van der Waals surface area contributed by atoms with Crippen molar-refractivity contribution in [1.82, 2.24) is 0 Å². The Morgan fingerprint density at radius 1 is 0.593 bits per heavy atom. The average molecular weight is 428 g/mol. The minimum atomic E-state index is -7.54. The van der Waals surface area contributed by atoms with Crippen LogP contribution >= 0.6 is 0 Å². The first-order chi connectivity index (χ1) is 11.9. The third-order valence-corrected chi connectivity index (χ3v) is 3.65. The molecule has 0 saturated heterocycles. The summed E-state index contributed by atoms with van der Waals surface area (Å²) in [5.74, 6) is -41.1. The van der Waals surface area contributed by atoms with E-state index in [1.165, 1.54) is 0 Å². The molecule has 0 atom stereocenters. The summed E-state index contributed by atoms with van der Waals surface area (Å²) in [5, 5.41) is 8.26. The van der Waals surface area contributed by atoms with Crippen molar-refractivity contribution in [2.75, 3.05) is 6.61 Å². The molecule has 0 bridgehead atoms. The van der Waals surface area contributed by atoms with E-state index in [0.717, 1.165) is 6.08 Å². The fourth-order valence-corrected chi connectivity index (χ4v) is 1.94. The van der Waals surface area contributed by atoms with Crippen molar-refractivity contribution in [3.63, 3.8) is 0 Å². The predicted octanol–water partition coefficient (Wildman–Crippen LogP) is 5.93. The number of hydrogen-bond acceptors (Lipinski definition) is 1. The number of aliphatic hydroxyl groups is 1. The van der Waals surface area contributed by atoms with Gasteiger partial charge in [0.05, 0.1) is 0 Å². The van der Waals surface area contributed by atoms with E-state index in [9.17, 15) is 52.7 Å². The van der Waals surface area contributed by atoms with Crippen molar-refractivity contribution in [1.29, 1.82) is 0 Å². The van der Waals surface area contributed by atoms with Gasteiger partial charge in [-0.15, -0.1) is 6.58 Å². The molecule has 0 aliphatic heterocycles. The van der Waals surface area contributed by atoms with Crippen molar-refractivity contribution >= 4 is 0 Å². The molecule has 0 amide bonds. The fourth-order valence-electron chi connectivity index (χ4n) is 1.94. The van der Waals surface area contributed by atoms with E-state index in [2.05, 4.69) is 6.58 Å². The lowest BCUT2D eigenvalue weighted by Gasteiger charge is -2.41. The number of hydrogen-bond donors (Lipinski definition) is 1. The molecule has 27 heavy (non-hydrogen) atoms. The van der Waals surface area contributed by atoms with Crippen molar-refractivity contribution in [3.05, 3.63) is 12.7 Å². The van der Waals surface area contributed by atoms with E-state index < -0.39 is 74.2 Å². The maximum atomic E-state index is 13.5. The van der Waals surface area contributed by atoms with E-state index in [-0.39, 0.29) is 0 Å². The lowest BCUT2D eigenvalue weighted by Crippen LogP contribution is -2.70. The molecule has 13 heteroatoms. The van der Waals surface area contributed by atoms with Crippen LogP contribution in [0.1, 0.15) is 32.1 Å². The molecule has 0 aliphatic carbocycles. The van der Waals surface area contributed by atoms with Crippen LogP contribution in [0.3, 0.4) is 0 Å². The summed E-state index contributed by atoms with van der Waals surface area (Å²) in [6.45, 7) is 1.78. The van der Waals surface area contributed by atoms with Gasteiger partial charge < -0.3 is 5.11 Å². The standard InChI is InChI=1S/C14H16F12O/c1-2-3-4-6-9(15,16)11(19,20)13(23,24)14(25,26)12(21,22)10(17,18)7-5-8-27/h2,27H,1,3-8H2. The van der Waals surface area contributed by atoms with Crippen LogP contribution < -0.4 is 0 Å². The van der Waals surface area contributed by atoms with Crippen molar-refractivity contribution < 1.29 is 57.8 Å². The second-order valence-corrected chi connectivity index (χ2v) is 5.71. The summed E-state index contributed by atoms with van der Waals surface area (Å²) < 4.78 is 161. The van der Waals surface area contributed by atoms with Crippen LogP contribution in [0, 0.1) is 0 Å². The second-order valence-electron chi connectivity index (χ2n) is 5.71. The monoisotopic (exact) mass is 428 g/mol. The summed E-state index contributed by atoms with van der Waals surface area (Å²) in [7, 11) is 0. The fraction of sp³-hybridized carbons (Fsp3) is 0.857. The zero-order valence-electron chi connectivity index (χ0n) is 13.5. The van der Waals surface area contributed by atoms with Gasteiger partial charge in [-0.05, 0) is 19.3 Å². The molecular formula is C14H16F12O. The number of allylic oxidation sites excluding steroid dienone is 1. The number of rotatable bonds is 12. The maximum absolute atomic E-state index is 13.5. The molecule has 0 heterocycles. The quantitative estimate of drug-likeness (QED) is 0.232. The van der Waals surface area contributed by atoms with Crippen LogP contribution in [0.5, 0.6) is 0 Å². The van der Waals surface area contributed by atoms with Gasteiger partial charge in [0.25, 0.3) is 0 Å². The minimum Gasteiger partial charge on any atom is -0.396 e. The Morgan fingerprint density at radius 2 is 0.926 bits per heavy atom. The van der Waals surface area contributed by atoms with E-state index in [1.54, 1.807) is 0 Å². The third-order valence-electron chi connectivity index (χ3n) is 3.65. The Hall–Kier alpha value is -1.14. The third kappa shape index (κ3) is 4.32. The van der Waals surface area contributed by atoms with Crippen molar-refractivity contribution in [2.45, 2.75) is 67.6 Å². The van der Waals surface area contributed by atoms with Gasteiger partial charge in [0.2, 0.25) is 0 Å². The first kappa shape index (κ1) is 25.9. The molecule has 0 rings (SSSR count). The second kappa shape index (κ2) is 8.08. The zero-order valence-corrected chi connectivity index (χ0v) is 13.5. The number of aliphatic hydroxyl groups excluding tert-OH is 1. The molecule has 0 aliphatic rings. The normalized spacial score (nSPS) is 15.1. The van der Waals surface area contributed by atoms with Crippen LogP contribution in [0.15, 0.2) is 12.7 Å². The summed E-state index contributed by atoms with van der Waals surface area (Å²) in [6.07, 6.45) is -6.08. The summed E-state index contributed by atoms with van der Waals surface area (Å²) in [5.41, 5.74) is 0. The largest absolute Gasteiger partial charge is 0.396 e. The molecule has 0 unspecified atom stereocenters. The lowest BCUT2D eigenvalue weighted by molar-refractivity contribution is -0.425. The highest BCUT2D eigenvalue weighted by atomic mass is 19.4. The van der Waals surface area contributed by atoms with Crippen molar-refractivity contribution in [3.8, 4) is 0 Å². The Balaban J connectivity index is 6.02. The van der Waals surface area contributed by atoms with Crippen LogP contribution in [-0.2, 0) is 0 Å². The first-order valence-corrected chi connectivity index (χ1v) is 7.36. The zero-order chi connectivity index (χ0) is 21.9. The van der Waals surface area contributed by atoms with Gasteiger partial charge in [-0.1, -0.05) is 6.08 Å². The van der Waals surface area contributed by atoms with E-state index in [1.807, 2.05) is 0 Å². The van der Waals surface area contributed by atoms with Gasteiger partial charge in [-0.2, -0.15) is 52.7 Å². The molecule has 0 spiro atoms. The van der Waals surface area contributed by atoms with Gasteiger partial charge in [0.1, 0.15) is 0 Å². The van der Waals surface area contributed by atoms with Crippen LogP contribution in [-0.4, -0.2) is 47.2 Å². The molecule has 0 saturated carbocycles. The highest BCUT2D eigenvalue weighted by molar-refractivity contribution is 5.11. The van der Waals surface area contributed by atoms with E-state index >= 15 is 0 Å². The minimum absolute atomic E-state index is 0.414. The van der Waals surface area contributed by atoms with E-state index in [4.69, 9.17) is 5.11 Å². The highest BCUT2D eigenvalue weighted by Crippen LogP contribution is 2.61. The van der Waals surface area contributed by atoms with Crippen LogP contribution in [0.25, 0.3) is 0 Å². The van der Waals surface area contributed by atoms with Gasteiger partial charge in [-0.3, -0.25) is 0 Å². The average Bonchev–Trinajstić information content (AvgIpc) is 2.52. The van der Waals surface area contributed by atoms with Gasteiger partial charge >= 0.3 is 35.5 Å². The van der Waals surface area contributed by atoms with Crippen LogP contribution in [0.4, 0.5) is 52.7 Å². The molecule has 1 N–H and O–H groups in total. The molecular weight excluding hydrogens is 412 g/mol. The molecule has 162 valence electrons. The summed E-state index contributed by atoms with van der Waals surface area (Å²) in [4.78, 5) is 0. The van der Waals surface area contributed by atoms with Crippen molar-refractivity contribution in [2.24, 2.45) is 0 Å². The SMILES string of the molecule is C=CCCCC(F)(F)C(F)(F)C(F)(F)C(F)(F)C(F)(F)C(F)(F)CCCO. The van der Waals surface area contributed by atoms with Gasteiger partial charge in [0, 0.05) is 19.4 Å². The van der Waals surface area contributed by atoms with Gasteiger partial charge in [-0.25, -0.2) is 0 Å². The Bertz CT molecular complexity index is 500. The predicted molar refractivity (Wildman–Crippen MR) is 70.0 cm³/mol. The number of unbranched alkanes of at least 4 members (excludes halogenated alkanes) is 1. The summed E-state index contributed by atoms with van der Waals surface area (Å²) in [6, 6.07) is 0. The molecule has 0 aromatic carbocycles. The van der Waals surface area contributed by atoms with Gasteiger partial charge in [0.15, 0.2) is 0 Å². The Kier molecular flexibility index (Phi) is 7.74. The Morgan fingerprint density at radius 3 is 1.22 bits per heavy atom. The van der Waals surface area contributed by atoms with Crippen LogP contribution in [0.2, 0.25) is 0 Å². The molecule has 1 nitrogen and oxygen atoms in total. The molecule has 0 fully saturated rings. The topological polar surface area (TPSA) is 20.2 Å². The first-order valence-electron chi connectivity index (χ1n) is 7.36. The number of alkyl halides is 12. The Labute approximate surface area is 146 Å². The molecule has 0 aromatic rings. The lowest BCUT2D eigenvalue weighted by atomic mass is 9.88.